The Kier molecular flexibility index (Phi) is 5.27. The van der Waals surface area contributed by atoms with E-state index in [0.717, 1.165) is 0 Å². The second-order valence-corrected chi connectivity index (χ2v) is 6.97. The smallest absolute Gasteiger partial charge is 0.351 e. The van der Waals surface area contributed by atoms with Crippen LogP contribution in [0.1, 0.15) is 21.7 Å². The monoisotopic (exact) mass is 409 g/mol. The van der Waals surface area contributed by atoms with E-state index in [-0.39, 0.29) is 18.2 Å². The minimum Gasteiger partial charge on any atom is -0.485 e. The molecule has 2 heterocycles. The Morgan fingerprint density at radius 1 is 1.10 bits per heavy atom. The van der Waals surface area contributed by atoms with E-state index in [2.05, 4.69) is 0 Å². The summed E-state index contributed by atoms with van der Waals surface area (Å²) in [5.41, 5.74) is 2.00. The van der Waals surface area contributed by atoms with Gasteiger partial charge in [-0.2, -0.15) is 0 Å². The lowest BCUT2D eigenvalue weighted by Crippen LogP contribution is -2.38. The number of carbonyl (C=O) groups excluding carboxylic acids is 2. The summed E-state index contributed by atoms with van der Waals surface area (Å²) in [5.74, 6) is -0.444. The van der Waals surface area contributed by atoms with Gasteiger partial charge in [-0.05, 0) is 44.2 Å². The van der Waals surface area contributed by atoms with Gasteiger partial charge in [0.2, 0.25) is 11.9 Å². The van der Waals surface area contributed by atoms with Gasteiger partial charge in [-0.3, -0.25) is 4.79 Å². The topological polar surface area (TPSA) is 66.8 Å². The maximum atomic E-state index is 14.2. The summed E-state index contributed by atoms with van der Waals surface area (Å²) in [7, 11) is 0. The first kappa shape index (κ1) is 19.7. The van der Waals surface area contributed by atoms with Crippen molar-refractivity contribution in [1.82, 2.24) is 4.57 Å². The molecule has 30 heavy (non-hydrogen) atoms. The summed E-state index contributed by atoms with van der Waals surface area (Å²) in [6.07, 6.45) is -0.946. The molecule has 7 heteroatoms. The van der Waals surface area contributed by atoms with Crippen molar-refractivity contribution in [3.63, 3.8) is 0 Å². The van der Waals surface area contributed by atoms with Crippen LogP contribution in [0.25, 0.3) is 5.69 Å². The minimum absolute atomic E-state index is 0.00579. The second kappa shape index (κ2) is 8.02. The molecule has 1 atom stereocenters. The Bertz CT molecular complexity index is 1120. The zero-order valence-corrected chi connectivity index (χ0v) is 16.6. The van der Waals surface area contributed by atoms with Crippen molar-refractivity contribution in [1.29, 1.82) is 0 Å². The SMILES string of the molecule is Cc1cc(C(=O)COC(=O)C2COc3ccccc3O2)c(C)n1-c1ccccc1F. The maximum Gasteiger partial charge on any atom is 0.351 e. The fraction of sp³-hybridized carbons (Fsp3) is 0.217. The van der Waals surface area contributed by atoms with E-state index in [0.29, 0.717) is 34.1 Å². The molecule has 2 aromatic carbocycles. The van der Waals surface area contributed by atoms with Crippen LogP contribution in [0.2, 0.25) is 0 Å². The average Bonchev–Trinajstić information content (AvgIpc) is 3.05. The number of para-hydroxylation sites is 3. The maximum absolute atomic E-state index is 14.2. The van der Waals surface area contributed by atoms with Crippen molar-refractivity contribution >= 4 is 11.8 Å². The molecule has 0 amide bonds. The molecule has 1 unspecified atom stereocenters. The van der Waals surface area contributed by atoms with Gasteiger partial charge < -0.3 is 18.8 Å². The van der Waals surface area contributed by atoms with Gasteiger partial charge in [-0.1, -0.05) is 24.3 Å². The van der Waals surface area contributed by atoms with Crippen LogP contribution in [0, 0.1) is 19.7 Å². The van der Waals surface area contributed by atoms with Crippen LogP contribution in [0.4, 0.5) is 4.39 Å². The minimum atomic E-state index is -0.946. The first-order valence-electron chi connectivity index (χ1n) is 9.48. The summed E-state index contributed by atoms with van der Waals surface area (Å²) in [6.45, 7) is 3.07. The van der Waals surface area contributed by atoms with Gasteiger partial charge in [0.25, 0.3) is 0 Å². The third-order valence-electron chi connectivity index (χ3n) is 4.94. The number of hydrogen-bond acceptors (Lipinski definition) is 5. The van der Waals surface area contributed by atoms with Crippen molar-refractivity contribution in [2.45, 2.75) is 20.0 Å². The fourth-order valence-corrected chi connectivity index (χ4v) is 3.49. The predicted molar refractivity (Wildman–Crippen MR) is 107 cm³/mol. The van der Waals surface area contributed by atoms with E-state index in [1.165, 1.54) is 6.07 Å². The number of carbonyl (C=O) groups is 2. The lowest BCUT2D eigenvalue weighted by atomic mass is 10.1. The van der Waals surface area contributed by atoms with E-state index in [1.54, 1.807) is 66.9 Å². The second-order valence-electron chi connectivity index (χ2n) is 6.97. The number of esters is 1. The Labute approximate surface area is 172 Å². The molecule has 1 aliphatic rings. The Morgan fingerprint density at radius 3 is 2.57 bits per heavy atom. The number of aryl methyl sites for hydroxylation is 1. The summed E-state index contributed by atoms with van der Waals surface area (Å²) in [6, 6.07) is 15.0. The summed E-state index contributed by atoms with van der Waals surface area (Å²) >= 11 is 0. The third-order valence-corrected chi connectivity index (χ3v) is 4.94. The fourth-order valence-electron chi connectivity index (χ4n) is 3.49. The molecule has 3 aromatic rings. The lowest BCUT2D eigenvalue weighted by Gasteiger charge is -2.24. The lowest BCUT2D eigenvalue weighted by molar-refractivity contribution is -0.153. The molecule has 0 aliphatic carbocycles. The zero-order valence-electron chi connectivity index (χ0n) is 16.6. The third kappa shape index (κ3) is 3.66. The number of ketones is 1. The van der Waals surface area contributed by atoms with E-state index in [4.69, 9.17) is 14.2 Å². The van der Waals surface area contributed by atoms with Crippen LogP contribution < -0.4 is 9.47 Å². The number of fused-ring (bicyclic) bond motifs is 1. The number of benzene rings is 2. The Morgan fingerprint density at radius 2 is 1.80 bits per heavy atom. The quantitative estimate of drug-likeness (QED) is 0.474. The molecule has 1 aromatic heterocycles. The molecular weight excluding hydrogens is 389 g/mol. The summed E-state index contributed by atoms with van der Waals surface area (Å²) in [5, 5.41) is 0. The number of rotatable bonds is 5. The van der Waals surface area contributed by atoms with Crippen molar-refractivity contribution in [2.24, 2.45) is 0 Å². The number of aromatic nitrogens is 1. The van der Waals surface area contributed by atoms with Crippen molar-refractivity contribution in [3.05, 3.63) is 77.4 Å². The summed E-state index contributed by atoms with van der Waals surface area (Å²) < 4.78 is 32.1. The number of Topliss-reactive ketones (excluding diaryl/α,β-unsaturated/α-hetero) is 1. The van der Waals surface area contributed by atoms with Gasteiger partial charge in [0.05, 0.1) is 5.69 Å². The van der Waals surface area contributed by atoms with Crippen LogP contribution in [0.5, 0.6) is 11.5 Å². The number of halogens is 1. The molecule has 0 saturated carbocycles. The highest BCUT2D eigenvalue weighted by Crippen LogP contribution is 2.31. The number of nitrogens with zero attached hydrogens (tertiary/aromatic N) is 1. The van der Waals surface area contributed by atoms with Crippen LogP contribution >= 0.6 is 0 Å². The highest BCUT2D eigenvalue weighted by molar-refractivity contribution is 5.99. The Balaban J connectivity index is 1.44. The van der Waals surface area contributed by atoms with Crippen LogP contribution in [-0.4, -0.2) is 35.6 Å². The van der Waals surface area contributed by atoms with E-state index >= 15 is 0 Å². The van der Waals surface area contributed by atoms with Crippen LogP contribution in [0.3, 0.4) is 0 Å². The van der Waals surface area contributed by atoms with E-state index < -0.39 is 18.7 Å². The highest BCUT2D eigenvalue weighted by Gasteiger charge is 2.29. The molecule has 154 valence electrons. The molecular formula is C23H20FNO5. The van der Waals surface area contributed by atoms with Crippen molar-refractivity contribution in [3.8, 4) is 17.2 Å². The molecule has 0 fully saturated rings. The largest absolute Gasteiger partial charge is 0.485 e. The van der Waals surface area contributed by atoms with Gasteiger partial charge in [-0.25, -0.2) is 9.18 Å². The van der Waals surface area contributed by atoms with Crippen LogP contribution in [0.15, 0.2) is 54.6 Å². The zero-order chi connectivity index (χ0) is 21.3. The Hall–Kier alpha value is -3.61. The van der Waals surface area contributed by atoms with E-state index in [9.17, 15) is 14.0 Å². The van der Waals surface area contributed by atoms with Crippen LogP contribution in [-0.2, 0) is 9.53 Å². The molecule has 0 spiro atoms. The molecule has 0 radical (unpaired) electrons. The van der Waals surface area contributed by atoms with Gasteiger partial charge in [0, 0.05) is 17.0 Å². The standard InChI is InChI=1S/C23H20FNO5/c1-14-11-16(15(2)25(14)18-8-4-3-7-17(18)24)19(26)12-29-23(27)22-13-28-20-9-5-6-10-21(20)30-22/h3-11,22H,12-13H2,1-2H3. The number of hydrogen-bond donors (Lipinski definition) is 0. The predicted octanol–water partition coefficient (Wildman–Crippen LogP) is 3.80. The molecule has 0 saturated heterocycles. The first-order valence-corrected chi connectivity index (χ1v) is 9.48. The van der Waals surface area contributed by atoms with Gasteiger partial charge in [-0.15, -0.1) is 0 Å². The first-order chi connectivity index (χ1) is 14.5. The normalized spacial score (nSPS) is 15.0. The molecule has 4 rings (SSSR count). The molecule has 0 N–H and O–H groups in total. The van der Waals surface area contributed by atoms with Gasteiger partial charge in [0.1, 0.15) is 12.4 Å². The molecule has 6 nitrogen and oxygen atoms in total. The average molecular weight is 409 g/mol. The number of ether oxygens (including phenoxy) is 3. The van der Waals surface area contributed by atoms with Crippen molar-refractivity contribution in [2.75, 3.05) is 13.2 Å². The van der Waals surface area contributed by atoms with Gasteiger partial charge in [0.15, 0.2) is 18.1 Å². The van der Waals surface area contributed by atoms with Gasteiger partial charge >= 0.3 is 5.97 Å². The van der Waals surface area contributed by atoms with Crippen molar-refractivity contribution < 1.29 is 28.2 Å². The van der Waals surface area contributed by atoms with E-state index in [1.807, 2.05) is 0 Å². The molecule has 1 aliphatic heterocycles. The molecule has 0 bridgehead atoms. The highest BCUT2D eigenvalue weighted by atomic mass is 19.1. The summed E-state index contributed by atoms with van der Waals surface area (Å²) in [4.78, 5) is 25.0.